The van der Waals surface area contributed by atoms with Gasteiger partial charge in [0.05, 0.1) is 25.9 Å². The average Bonchev–Trinajstić information content (AvgIpc) is 3.47. The van der Waals surface area contributed by atoms with Crippen molar-refractivity contribution < 1.29 is 29.4 Å². The number of likely N-dealkylation sites (N-methyl/N-ethyl adjacent to an activating group) is 1. The van der Waals surface area contributed by atoms with Gasteiger partial charge in [-0.1, -0.05) is 52.8 Å². The molecule has 3 aliphatic carbocycles. The van der Waals surface area contributed by atoms with Gasteiger partial charge in [-0.25, -0.2) is 0 Å². The summed E-state index contributed by atoms with van der Waals surface area (Å²) in [6.45, 7) is 15.8. The first-order chi connectivity index (χ1) is 25.5. The number of nitrogens with zero attached hydrogens (tertiary/aromatic N) is 3. The molecular weight excluding hydrogens is 683 g/mol. The number of hydrogen-bond donors (Lipinski definition) is 4. The molecule has 54 heavy (non-hydrogen) atoms. The van der Waals surface area contributed by atoms with Crippen LogP contribution in [0.3, 0.4) is 0 Å². The summed E-state index contributed by atoms with van der Waals surface area (Å²) in [5, 5.41) is 29.7. The number of fused-ring (bicyclic) bond motifs is 2. The quantitative estimate of drug-likeness (QED) is 0.184. The Kier molecular flexibility index (Phi) is 13.4. The Morgan fingerprint density at radius 3 is 2.39 bits per heavy atom. The number of para-hydroxylation sites is 1. The molecule has 11 heteroatoms. The first-order valence-corrected chi connectivity index (χ1v) is 20.0. The minimum Gasteiger partial charge on any atom is -0.493 e. The molecule has 300 valence electrons. The second-order valence-electron chi connectivity index (χ2n) is 17.7. The van der Waals surface area contributed by atoms with Crippen molar-refractivity contribution in [2.24, 2.45) is 35.0 Å². The standard InChI is InChI=1S/C43H67N5O6/c1-12-53-40-28(14-13-15-34(40)29-17-30(19-33(18-29)47(10)11)41(51)44-32(16-25(2)3)23-46(8)9)22-48-39(38(27(5)50)37(24-49)54-48)42(52)45-36-21-31-20-35(26(36)4)43(31,6)7/h13-15,17-19,25-27,31-32,35-39,49-50H,12,16,20-24H2,1-11H3,(H,44,51)(H,45,52)/t26-,27-,31+,32-,35-,36-,37-,38+,39-/m0/s1. The Balaban J connectivity index is 1.47. The SMILES string of the molecule is CCOc1c(CN2O[C@@H](CO)[C@@H]([C@H](C)O)[C@H]2C(=O)N[C@H]2C[C@H]3C[C@@H]([C@@H]2C)C3(C)C)cccc1-c1cc(C(=O)N[C@@H](CC(C)C)CN(C)C)cc(N(C)C)c1. The second kappa shape index (κ2) is 17.3. The van der Waals surface area contributed by atoms with Crippen LogP contribution in [0, 0.1) is 35.0 Å². The van der Waals surface area contributed by atoms with E-state index in [0.29, 0.717) is 41.6 Å². The highest BCUT2D eigenvalue weighted by molar-refractivity contribution is 5.97. The summed E-state index contributed by atoms with van der Waals surface area (Å²) in [5.41, 5.74) is 4.13. The summed E-state index contributed by atoms with van der Waals surface area (Å²) >= 11 is 0. The minimum absolute atomic E-state index is 0.000968. The van der Waals surface area contributed by atoms with Gasteiger partial charge in [0.15, 0.2) is 0 Å². The van der Waals surface area contributed by atoms with E-state index in [-0.39, 0.29) is 42.5 Å². The summed E-state index contributed by atoms with van der Waals surface area (Å²) in [5.74, 6) is 1.56. The number of hydrogen-bond acceptors (Lipinski definition) is 9. The molecule has 0 spiro atoms. The first-order valence-electron chi connectivity index (χ1n) is 20.0. The molecule has 2 aromatic rings. The summed E-state index contributed by atoms with van der Waals surface area (Å²) < 4.78 is 6.38. The van der Waals surface area contributed by atoms with Gasteiger partial charge in [-0.05, 0) is 100 Å². The Morgan fingerprint density at radius 1 is 1.09 bits per heavy atom. The van der Waals surface area contributed by atoms with E-state index in [4.69, 9.17) is 9.57 Å². The van der Waals surface area contributed by atoms with E-state index in [1.807, 2.05) is 70.3 Å². The number of rotatable bonds is 16. The maximum absolute atomic E-state index is 14.3. The molecule has 3 saturated carbocycles. The van der Waals surface area contributed by atoms with Gasteiger partial charge in [-0.3, -0.25) is 14.4 Å². The average molecular weight is 750 g/mol. The zero-order chi connectivity index (χ0) is 39.6. The van der Waals surface area contributed by atoms with Gasteiger partial charge in [0.2, 0.25) is 5.91 Å². The number of nitrogens with one attached hydrogen (secondary N) is 2. The zero-order valence-corrected chi connectivity index (χ0v) is 34.6. The van der Waals surface area contributed by atoms with Gasteiger partial charge in [0.25, 0.3) is 5.91 Å². The van der Waals surface area contributed by atoms with E-state index in [9.17, 15) is 19.8 Å². The number of aliphatic hydroxyl groups excluding tert-OH is 2. The van der Waals surface area contributed by atoms with Gasteiger partial charge in [-0.2, -0.15) is 5.06 Å². The lowest BCUT2D eigenvalue weighted by atomic mass is 9.45. The summed E-state index contributed by atoms with van der Waals surface area (Å²) in [7, 11) is 7.95. The third-order valence-corrected chi connectivity index (χ3v) is 12.5. The molecule has 4 fully saturated rings. The van der Waals surface area contributed by atoms with Crippen LogP contribution < -0.4 is 20.3 Å². The molecule has 2 bridgehead atoms. The number of amides is 2. The van der Waals surface area contributed by atoms with Crippen LogP contribution in [0.5, 0.6) is 5.75 Å². The van der Waals surface area contributed by atoms with Crippen LogP contribution in [0.1, 0.15) is 83.7 Å². The fourth-order valence-corrected chi connectivity index (χ4v) is 9.52. The van der Waals surface area contributed by atoms with Crippen LogP contribution >= 0.6 is 0 Å². The van der Waals surface area contributed by atoms with E-state index in [1.165, 1.54) is 6.42 Å². The van der Waals surface area contributed by atoms with Gasteiger partial charge >= 0.3 is 0 Å². The van der Waals surface area contributed by atoms with Crippen molar-refractivity contribution in [3.63, 3.8) is 0 Å². The van der Waals surface area contributed by atoms with Gasteiger partial charge in [-0.15, -0.1) is 0 Å². The highest BCUT2D eigenvalue weighted by Gasteiger charge is 2.57. The van der Waals surface area contributed by atoms with Gasteiger partial charge < -0.3 is 35.4 Å². The Hall–Kier alpha value is -3.22. The molecule has 4 aliphatic rings. The topological polar surface area (TPSA) is 127 Å². The predicted molar refractivity (Wildman–Crippen MR) is 214 cm³/mol. The highest BCUT2D eigenvalue weighted by atomic mass is 16.7. The lowest BCUT2D eigenvalue weighted by Crippen LogP contribution is -2.62. The summed E-state index contributed by atoms with van der Waals surface area (Å²) in [6, 6.07) is 11.0. The van der Waals surface area contributed by atoms with Crippen LogP contribution in [0.2, 0.25) is 0 Å². The summed E-state index contributed by atoms with van der Waals surface area (Å²) in [4.78, 5) is 38.6. The number of hydroxylamine groups is 2. The number of anilines is 1. The number of carbonyl (C=O) groups excluding carboxylic acids is 2. The van der Waals surface area contributed by atoms with Crippen molar-refractivity contribution in [1.29, 1.82) is 0 Å². The molecule has 4 N–H and O–H groups in total. The van der Waals surface area contributed by atoms with E-state index < -0.39 is 24.2 Å². The number of aliphatic hydroxyl groups is 2. The Bertz CT molecular complexity index is 1600. The van der Waals surface area contributed by atoms with Crippen molar-refractivity contribution in [2.75, 3.05) is 52.8 Å². The Morgan fingerprint density at radius 2 is 1.81 bits per heavy atom. The van der Waals surface area contributed by atoms with Crippen molar-refractivity contribution in [3.05, 3.63) is 47.5 Å². The van der Waals surface area contributed by atoms with Crippen molar-refractivity contribution >= 4 is 17.5 Å². The maximum Gasteiger partial charge on any atom is 0.251 e. The molecule has 11 nitrogen and oxygen atoms in total. The number of carbonyl (C=O) groups is 2. The van der Waals surface area contributed by atoms with E-state index in [0.717, 1.165) is 41.8 Å². The smallest absolute Gasteiger partial charge is 0.251 e. The lowest BCUT2D eigenvalue weighted by Gasteiger charge is -2.62. The van der Waals surface area contributed by atoms with Crippen LogP contribution in [-0.4, -0.2) is 110 Å². The summed E-state index contributed by atoms with van der Waals surface area (Å²) in [6.07, 6.45) is 1.36. The van der Waals surface area contributed by atoms with E-state index in [2.05, 4.69) is 56.2 Å². The van der Waals surface area contributed by atoms with Crippen LogP contribution in [0.15, 0.2) is 36.4 Å². The maximum atomic E-state index is 14.3. The van der Waals surface area contributed by atoms with Gasteiger partial charge in [0.1, 0.15) is 17.9 Å². The molecule has 1 aliphatic heterocycles. The fraction of sp³-hybridized carbons (Fsp3) is 0.674. The largest absolute Gasteiger partial charge is 0.493 e. The molecule has 0 radical (unpaired) electrons. The number of benzene rings is 2. The van der Waals surface area contributed by atoms with Crippen LogP contribution in [-0.2, 0) is 16.2 Å². The van der Waals surface area contributed by atoms with Crippen LogP contribution in [0.4, 0.5) is 5.69 Å². The molecule has 0 aromatic heterocycles. The first kappa shape index (κ1) is 41.9. The third kappa shape index (κ3) is 8.91. The molecular formula is C43H67N5O6. The highest BCUT2D eigenvalue weighted by Crippen LogP contribution is 2.61. The predicted octanol–water partition coefficient (Wildman–Crippen LogP) is 5.19. The molecule has 2 aromatic carbocycles. The molecule has 9 atom stereocenters. The molecule has 1 saturated heterocycles. The van der Waals surface area contributed by atoms with Crippen molar-refractivity contribution in [3.8, 4) is 16.9 Å². The van der Waals surface area contributed by atoms with E-state index >= 15 is 0 Å². The van der Waals surface area contributed by atoms with E-state index in [1.54, 1.807) is 12.0 Å². The van der Waals surface area contributed by atoms with Crippen molar-refractivity contribution in [1.82, 2.24) is 20.6 Å². The fourth-order valence-electron chi connectivity index (χ4n) is 9.52. The Labute approximate surface area is 323 Å². The monoisotopic (exact) mass is 750 g/mol. The third-order valence-electron chi connectivity index (χ3n) is 12.5. The van der Waals surface area contributed by atoms with Gasteiger partial charge in [0, 0.05) is 61.0 Å². The number of ether oxygens (including phenoxy) is 1. The van der Waals surface area contributed by atoms with Crippen LogP contribution in [0.25, 0.3) is 11.1 Å². The molecule has 2 amide bonds. The van der Waals surface area contributed by atoms with Crippen molar-refractivity contribution in [2.45, 2.75) is 105 Å². The normalized spacial score (nSPS) is 27.4. The zero-order valence-electron chi connectivity index (χ0n) is 34.6. The molecule has 0 unspecified atom stereocenters. The molecule has 1 heterocycles. The lowest BCUT2D eigenvalue weighted by molar-refractivity contribution is -0.183. The minimum atomic E-state index is -0.895. The molecule has 6 rings (SSSR count). The second-order valence-corrected chi connectivity index (χ2v) is 17.7.